The van der Waals surface area contributed by atoms with Gasteiger partial charge in [0.25, 0.3) is 0 Å². The molecule has 0 saturated carbocycles. The molecule has 2 aliphatic rings. The molecule has 0 bridgehead atoms. The summed E-state index contributed by atoms with van der Waals surface area (Å²) in [6.45, 7) is 10.8. The highest BCUT2D eigenvalue weighted by Crippen LogP contribution is 2.46. The molecule has 136 valence electrons. The van der Waals surface area contributed by atoms with Crippen molar-refractivity contribution in [2.45, 2.75) is 57.5 Å². The summed E-state index contributed by atoms with van der Waals surface area (Å²) in [5, 5.41) is -0.00437. The van der Waals surface area contributed by atoms with Gasteiger partial charge in [0.2, 0.25) is 5.91 Å². The van der Waals surface area contributed by atoms with Gasteiger partial charge >= 0.3 is 5.97 Å². The first-order valence-electron chi connectivity index (χ1n) is 8.75. The molecule has 3 rings (SSSR count). The molecule has 1 amide bonds. The van der Waals surface area contributed by atoms with Gasteiger partial charge in [-0.1, -0.05) is 39.0 Å². The van der Waals surface area contributed by atoms with Gasteiger partial charge in [0.05, 0.1) is 19.3 Å². The average Bonchev–Trinajstić information content (AvgIpc) is 3.02. The maximum Gasteiger partial charge on any atom is 0.320 e. The topological polar surface area (TPSA) is 55.8 Å². The van der Waals surface area contributed by atoms with E-state index in [2.05, 4.69) is 33.9 Å². The third kappa shape index (κ3) is 2.81. The molecule has 3 atom stereocenters. The molecule has 1 fully saturated rings. The first-order chi connectivity index (χ1) is 11.6. The fourth-order valence-electron chi connectivity index (χ4n) is 3.50. The van der Waals surface area contributed by atoms with Crippen molar-refractivity contribution in [3.8, 4) is 0 Å². The first-order valence-corrected chi connectivity index (χ1v) is 11.7. The zero-order valence-electron chi connectivity index (χ0n) is 15.8. The van der Waals surface area contributed by atoms with Crippen LogP contribution in [0.15, 0.2) is 24.3 Å². The highest BCUT2D eigenvalue weighted by molar-refractivity contribution is 6.74. The van der Waals surface area contributed by atoms with E-state index in [9.17, 15) is 9.59 Å². The molecule has 25 heavy (non-hydrogen) atoms. The number of nitrogens with zero attached hydrogens (tertiary/aromatic N) is 1. The molecule has 2 aliphatic heterocycles. The minimum Gasteiger partial charge on any atom is -0.468 e. The Labute approximate surface area is 150 Å². The lowest BCUT2D eigenvalue weighted by atomic mass is 9.97. The molecule has 2 heterocycles. The van der Waals surface area contributed by atoms with Crippen LogP contribution in [0.1, 0.15) is 26.3 Å². The number of benzene rings is 1. The Hall–Kier alpha value is -1.66. The number of rotatable bonds is 3. The van der Waals surface area contributed by atoms with Crippen LogP contribution in [0.5, 0.6) is 0 Å². The van der Waals surface area contributed by atoms with E-state index in [0.717, 1.165) is 11.3 Å². The molecule has 1 aromatic carbocycles. The lowest BCUT2D eigenvalue weighted by Gasteiger charge is -2.40. The molecule has 0 spiro atoms. The summed E-state index contributed by atoms with van der Waals surface area (Å²) >= 11 is 0. The Kier molecular flexibility index (Phi) is 4.32. The van der Waals surface area contributed by atoms with Crippen molar-refractivity contribution in [3.05, 3.63) is 29.8 Å². The summed E-state index contributed by atoms with van der Waals surface area (Å²) < 4.78 is 11.5. The molecule has 0 aliphatic carbocycles. The standard InChI is InChI=1S/C19H27NO4Si/c1-19(2,3)25(5,6)24-16-14-11-12-9-7-8-10-13(12)20(14)17(21)15(16)18(22)23-4/h7-10,14-16H,11H2,1-6H3/t14-,15+,16-/m1/s1. The number of para-hydroxylation sites is 1. The van der Waals surface area contributed by atoms with Crippen molar-refractivity contribution in [2.75, 3.05) is 12.0 Å². The minimum atomic E-state index is -2.15. The van der Waals surface area contributed by atoms with E-state index in [1.807, 2.05) is 24.3 Å². The molecule has 0 N–H and O–H groups in total. The quantitative estimate of drug-likeness (QED) is 0.471. The van der Waals surface area contributed by atoms with Crippen molar-refractivity contribution >= 4 is 25.9 Å². The van der Waals surface area contributed by atoms with Crippen LogP contribution in [-0.4, -0.2) is 39.4 Å². The van der Waals surface area contributed by atoms with Gasteiger partial charge in [0.1, 0.15) is 0 Å². The molecule has 5 nitrogen and oxygen atoms in total. The number of hydrogen-bond acceptors (Lipinski definition) is 4. The first kappa shape index (κ1) is 18.1. The van der Waals surface area contributed by atoms with Crippen molar-refractivity contribution < 1.29 is 18.8 Å². The number of carbonyl (C=O) groups excluding carboxylic acids is 2. The predicted molar refractivity (Wildman–Crippen MR) is 99.0 cm³/mol. The second-order valence-electron chi connectivity index (χ2n) is 8.45. The van der Waals surface area contributed by atoms with Gasteiger partial charge in [0.15, 0.2) is 14.2 Å². The van der Waals surface area contributed by atoms with Crippen molar-refractivity contribution in [3.63, 3.8) is 0 Å². The van der Waals surface area contributed by atoms with E-state index in [-0.39, 0.29) is 17.0 Å². The second-order valence-corrected chi connectivity index (χ2v) is 13.2. The van der Waals surface area contributed by atoms with E-state index in [4.69, 9.17) is 9.16 Å². The van der Waals surface area contributed by atoms with Gasteiger partial charge in [-0.05, 0) is 36.2 Å². The molecule has 0 radical (unpaired) electrons. The van der Waals surface area contributed by atoms with E-state index < -0.39 is 26.3 Å². The summed E-state index contributed by atoms with van der Waals surface area (Å²) in [6.07, 6.45) is 0.252. The van der Waals surface area contributed by atoms with Gasteiger partial charge in [0, 0.05) is 5.69 Å². The summed E-state index contributed by atoms with van der Waals surface area (Å²) in [4.78, 5) is 27.2. The third-order valence-corrected chi connectivity index (χ3v) is 10.4. The zero-order chi connectivity index (χ0) is 18.6. The lowest BCUT2D eigenvalue weighted by Crippen LogP contribution is -2.49. The number of anilines is 1. The molecule has 1 aromatic rings. The maximum atomic E-state index is 13.1. The fourth-order valence-corrected chi connectivity index (χ4v) is 4.82. The van der Waals surface area contributed by atoms with Crippen LogP contribution >= 0.6 is 0 Å². The number of methoxy groups -OCH3 is 1. The number of ether oxygens (including phenoxy) is 1. The third-order valence-electron chi connectivity index (χ3n) is 5.92. The van der Waals surface area contributed by atoms with Gasteiger partial charge < -0.3 is 14.1 Å². The number of hydrogen-bond donors (Lipinski definition) is 0. The number of amides is 1. The number of esters is 1. The van der Waals surface area contributed by atoms with Crippen LogP contribution in [-0.2, 0) is 25.2 Å². The van der Waals surface area contributed by atoms with Gasteiger partial charge in [-0.2, -0.15) is 0 Å². The monoisotopic (exact) mass is 361 g/mol. The summed E-state index contributed by atoms with van der Waals surface area (Å²) in [5.74, 6) is -1.58. The van der Waals surface area contributed by atoms with Crippen LogP contribution in [0.25, 0.3) is 0 Å². The van der Waals surface area contributed by atoms with Crippen LogP contribution in [0.4, 0.5) is 5.69 Å². The SMILES string of the molecule is COC(=O)[C@@H]1C(=O)N2c3ccccc3C[C@@H]2[C@H]1O[Si](C)(C)C(C)(C)C. The van der Waals surface area contributed by atoms with E-state index in [1.54, 1.807) is 4.90 Å². The van der Waals surface area contributed by atoms with Crippen molar-refractivity contribution in [1.29, 1.82) is 0 Å². The normalized spacial score (nSPS) is 25.8. The average molecular weight is 362 g/mol. The summed E-state index contributed by atoms with van der Waals surface area (Å²) in [7, 11) is -0.820. The molecule has 6 heteroatoms. The predicted octanol–water partition coefficient (Wildman–Crippen LogP) is 3.14. The Morgan fingerprint density at radius 1 is 1.24 bits per heavy atom. The molecule has 1 saturated heterocycles. The summed E-state index contributed by atoms with van der Waals surface area (Å²) in [5.41, 5.74) is 2.03. The van der Waals surface area contributed by atoms with Crippen molar-refractivity contribution in [2.24, 2.45) is 5.92 Å². The maximum absolute atomic E-state index is 13.1. The lowest BCUT2D eigenvalue weighted by molar-refractivity contribution is -0.151. The number of fused-ring (bicyclic) bond motifs is 3. The molecule has 0 unspecified atom stereocenters. The Morgan fingerprint density at radius 3 is 2.48 bits per heavy atom. The molecular formula is C19H27NO4Si. The Morgan fingerprint density at radius 2 is 1.88 bits per heavy atom. The van der Waals surface area contributed by atoms with Gasteiger partial charge in [-0.15, -0.1) is 0 Å². The summed E-state index contributed by atoms with van der Waals surface area (Å²) in [6, 6.07) is 7.74. The van der Waals surface area contributed by atoms with E-state index in [0.29, 0.717) is 6.42 Å². The van der Waals surface area contributed by atoms with Crippen LogP contribution in [0, 0.1) is 5.92 Å². The largest absolute Gasteiger partial charge is 0.468 e. The Bertz CT molecular complexity index is 710. The second kappa shape index (κ2) is 5.95. The smallest absolute Gasteiger partial charge is 0.320 e. The van der Waals surface area contributed by atoms with Gasteiger partial charge in [-0.3, -0.25) is 9.59 Å². The molecular weight excluding hydrogens is 334 g/mol. The van der Waals surface area contributed by atoms with Crippen molar-refractivity contribution in [1.82, 2.24) is 0 Å². The molecule has 0 aromatic heterocycles. The van der Waals surface area contributed by atoms with E-state index >= 15 is 0 Å². The highest BCUT2D eigenvalue weighted by Gasteiger charge is 2.58. The van der Waals surface area contributed by atoms with Crippen LogP contribution in [0.2, 0.25) is 18.1 Å². The fraction of sp³-hybridized carbons (Fsp3) is 0.579. The number of carbonyl (C=O) groups is 2. The minimum absolute atomic E-state index is 0.00437. The van der Waals surface area contributed by atoms with Gasteiger partial charge in [-0.25, -0.2) is 0 Å². The van der Waals surface area contributed by atoms with E-state index in [1.165, 1.54) is 7.11 Å². The van der Waals surface area contributed by atoms with Crippen LogP contribution in [0.3, 0.4) is 0 Å². The highest BCUT2D eigenvalue weighted by atomic mass is 28.4. The Balaban J connectivity index is 2.00. The zero-order valence-corrected chi connectivity index (χ0v) is 16.8. The van der Waals surface area contributed by atoms with Crippen LogP contribution < -0.4 is 4.90 Å².